The van der Waals surface area contributed by atoms with Crippen molar-refractivity contribution in [3.63, 3.8) is 0 Å². The van der Waals surface area contributed by atoms with Crippen molar-refractivity contribution in [3.8, 4) is 0 Å². The third kappa shape index (κ3) is 4.57. The zero-order valence-electron chi connectivity index (χ0n) is 12.7. The van der Waals surface area contributed by atoms with Gasteiger partial charge in [-0.15, -0.1) is 0 Å². The number of halogens is 3. The van der Waals surface area contributed by atoms with Gasteiger partial charge >= 0.3 is 12.1 Å². The average molecular weight is 311 g/mol. The summed E-state index contributed by atoms with van der Waals surface area (Å²) in [5.41, 5.74) is -1.04. The Labute approximate surface area is 123 Å². The van der Waals surface area contributed by atoms with Crippen molar-refractivity contribution in [3.05, 3.63) is 0 Å². The van der Waals surface area contributed by atoms with E-state index in [1.807, 2.05) is 13.8 Å². The van der Waals surface area contributed by atoms with Crippen LogP contribution >= 0.6 is 0 Å². The maximum absolute atomic E-state index is 12.4. The van der Waals surface area contributed by atoms with Crippen molar-refractivity contribution < 1.29 is 27.8 Å². The van der Waals surface area contributed by atoms with Gasteiger partial charge in [0.05, 0.1) is 0 Å². The van der Waals surface area contributed by atoms with Crippen molar-refractivity contribution in [1.29, 1.82) is 0 Å². The molecule has 3 unspecified atom stereocenters. The first-order valence-corrected chi connectivity index (χ1v) is 7.29. The van der Waals surface area contributed by atoms with Gasteiger partial charge in [-0.05, 0) is 46.0 Å². The number of rotatable bonds is 7. The van der Waals surface area contributed by atoms with Gasteiger partial charge in [0.25, 0.3) is 0 Å². The Kier molecular flexibility index (Phi) is 6.04. The molecule has 0 aromatic carbocycles. The van der Waals surface area contributed by atoms with Crippen LogP contribution in [0.2, 0.25) is 0 Å². The molecule has 1 aliphatic carbocycles. The summed E-state index contributed by atoms with van der Waals surface area (Å²) in [6, 6.07) is -0.00304. The van der Waals surface area contributed by atoms with E-state index in [0.29, 0.717) is 19.3 Å². The van der Waals surface area contributed by atoms with Crippen molar-refractivity contribution in [2.45, 2.75) is 70.3 Å². The Morgan fingerprint density at radius 2 is 2.05 bits per heavy atom. The smallest absolute Gasteiger partial charge is 0.414 e. The van der Waals surface area contributed by atoms with Gasteiger partial charge in [0.1, 0.15) is 5.54 Å². The first-order valence-electron chi connectivity index (χ1n) is 7.29. The fourth-order valence-electron chi connectivity index (χ4n) is 3.00. The minimum Gasteiger partial charge on any atom is -0.480 e. The highest BCUT2D eigenvalue weighted by Crippen LogP contribution is 2.39. The Morgan fingerprint density at radius 1 is 1.43 bits per heavy atom. The molecule has 4 nitrogen and oxygen atoms in total. The molecule has 0 spiro atoms. The molecule has 124 valence electrons. The van der Waals surface area contributed by atoms with Gasteiger partial charge in [-0.2, -0.15) is 13.2 Å². The molecule has 2 N–H and O–H groups in total. The molecule has 0 saturated heterocycles. The number of ether oxygens (including phenoxy) is 1. The third-order valence-corrected chi connectivity index (χ3v) is 4.04. The molecule has 0 aromatic rings. The molecule has 21 heavy (non-hydrogen) atoms. The van der Waals surface area contributed by atoms with Gasteiger partial charge in [-0.1, -0.05) is 6.42 Å². The minimum absolute atomic E-state index is 0.00304. The lowest BCUT2D eigenvalue weighted by atomic mass is 9.84. The third-order valence-electron chi connectivity index (χ3n) is 4.04. The highest BCUT2D eigenvalue weighted by molar-refractivity contribution is 5.79. The van der Waals surface area contributed by atoms with Crippen LogP contribution in [-0.4, -0.2) is 41.5 Å². The van der Waals surface area contributed by atoms with Crippen molar-refractivity contribution in [2.24, 2.45) is 5.92 Å². The van der Waals surface area contributed by atoms with Crippen molar-refractivity contribution >= 4 is 5.97 Å². The minimum atomic E-state index is -4.38. The van der Waals surface area contributed by atoms with Crippen LogP contribution in [0, 0.1) is 5.92 Å². The largest absolute Gasteiger partial charge is 0.480 e. The molecule has 3 atom stereocenters. The first-order chi connectivity index (χ1) is 9.59. The van der Waals surface area contributed by atoms with Gasteiger partial charge in [-0.3, -0.25) is 10.1 Å². The zero-order valence-corrected chi connectivity index (χ0v) is 12.7. The SMILES string of the molecule is CC(C)NC1(C(=O)O)CCCC1CCOC(C)C(F)(F)F. The molecule has 7 heteroatoms. The monoisotopic (exact) mass is 311 g/mol. The van der Waals surface area contributed by atoms with Gasteiger partial charge < -0.3 is 9.84 Å². The first kappa shape index (κ1) is 18.2. The highest BCUT2D eigenvalue weighted by Gasteiger charge is 2.49. The fourth-order valence-corrected chi connectivity index (χ4v) is 3.00. The van der Waals surface area contributed by atoms with Crippen molar-refractivity contribution in [1.82, 2.24) is 5.32 Å². The summed E-state index contributed by atoms with van der Waals surface area (Å²) in [5, 5.41) is 12.6. The predicted molar refractivity (Wildman–Crippen MR) is 72.1 cm³/mol. The number of nitrogens with one attached hydrogen (secondary N) is 1. The van der Waals surface area contributed by atoms with Crippen LogP contribution in [-0.2, 0) is 9.53 Å². The van der Waals surface area contributed by atoms with Gasteiger partial charge in [0, 0.05) is 12.6 Å². The lowest BCUT2D eigenvalue weighted by molar-refractivity contribution is -0.215. The quantitative estimate of drug-likeness (QED) is 0.759. The van der Waals surface area contributed by atoms with E-state index in [9.17, 15) is 23.1 Å². The molecular weight excluding hydrogens is 287 g/mol. The Morgan fingerprint density at radius 3 is 2.52 bits per heavy atom. The van der Waals surface area contributed by atoms with Crippen LogP contribution in [0.25, 0.3) is 0 Å². The van der Waals surface area contributed by atoms with Gasteiger partial charge in [-0.25, -0.2) is 0 Å². The maximum atomic E-state index is 12.4. The van der Waals surface area contributed by atoms with Crippen LogP contribution < -0.4 is 5.32 Å². The highest BCUT2D eigenvalue weighted by atomic mass is 19.4. The number of hydrogen-bond acceptors (Lipinski definition) is 3. The van der Waals surface area contributed by atoms with E-state index in [4.69, 9.17) is 4.74 Å². The average Bonchev–Trinajstić information content (AvgIpc) is 2.71. The maximum Gasteiger partial charge on any atom is 0.414 e. The lowest BCUT2D eigenvalue weighted by Crippen LogP contribution is -2.57. The number of alkyl halides is 3. The molecule has 0 aliphatic heterocycles. The molecule has 0 bridgehead atoms. The number of hydrogen-bond donors (Lipinski definition) is 2. The summed E-state index contributed by atoms with van der Waals surface area (Å²) >= 11 is 0. The zero-order chi connectivity index (χ0) is 16.3. The number of carbonyl (C=O) groups is 1. The summed E-state index contributed by atoms with van der Waals surface area (Å²) in [4.78, 5) is 11.6. The molecular formula is C14H24F3NO3. The van der Waals surface area contributed by atoms with E-state index in [1.54, 1.807) is 0 Å². The number of carboxylic acid groups (broad SMARTS) is 1. The molecule has 1 fully saturated rings. The van der Waals surface area contributed by atoms with Crippen molar-refractivity contribution in [2.75, 3.05) is 6.61 Å². The lowest BCUT2D eigenvalue weighted by Gasteiger charge is -2.34. The Hall–Kier alpha value is -0.820. The number of carboxylic acids is 1. The second-order valence-corrected chi connectivity index (χ2v) is 6.01. The van der Waals surface area contributed by atoms with Crippen LogP contribution in [0.3, 0.4) is 0 Å². The summed E-state index contributed by atoms with van der Waals surface area (Å²) in [5.74, 6) is -1.14. The van der Waals surface area contributed by atoms with Crippen LogP contribution in [0.5, 0.6) is 0 Å². The normalized spacial score (nSPS) is 28.0. The molecule has 1 saturated carbocycles. The summed E-state index contributed by atoms with van der Waals surface area (Å²) in [7, 11) is 0. The molecule has 0 aromatic heterocycles. The van der Waals surface area contributed by atoms with E-state index < -0.39 is 23.8 Å². The number of aliphatic carboxylic acids is 1. The van der Waals surface area contributed by atoms with Crippen LogP contribution in [0.15, 0.2) is 0 Å². The van der Waals surface area contributed by atoms with E-state index in [1.165, 1.54) is 0 Å². The molecule has 0 heterocycles. The molecule has 0 amide bonds. The van der Waals surface area contributed by atoms with Crippen LogP contribution in [0.1, 0.15) is 46.5 Å². The molecule has 0 radical (unpaired) electrons. The second kappa shape index (κ2) is 6.96. The second-order valence-electron chi connectivity index (χ2n) is 6.01. The summed E-state index contributed by atoms with van der Waals surface area (Å²) in [6.07, 6.45) is -3.94. The predicted octanol–water partition coefficient (Wildman–Crippen LogP) is 2.97. The molecule has 1 aliphatic rings. The van der Waals surface area contributed by atoms with E-state index >= 15 is 0 Å². The summed E-state index contributed by atoms with van der Waals surface area (Å²) in [6.45, 7) is 4.61. The van der Waals surface area contributed by atoms with E-state index in [2.05, 4.69) is 5.32 Å². The van der Waals surface area contributed by atoms with Gasteiger partial charge in [0.15, 0.2) is 6.10 Å². The van der Waals surface area contributed by atoms with E-state index in [0.717, 1.165) is 13.3 Å². The molecule has 1 rings (SSSR count). The van der Waals surface area contributed by atoms with Gasteiger partial charge in [0.2, 0.25) is 0 Å². The Balaban J connectivity index is 2.62. The standard InChI is InChI=1S/C14H24F3NO3/c1-9(2)18-13(12(19)20)7-4-5-11(13)6-8-21-10(3)14(15,16)17/h9-11,18H,4-8H2,1-3H3,(H,19,20). The Bertz CT molecular complexity index is 360. The van der Waals surface area contributed by atoms with Crippen LogP contribution in [0.4, 0.5) is 13.2 Å². The fraction of sp³-hybridized carbons (Fsp3) is 0.929. The summed E-state index contributed by atoms with van der Waals surface area (Å²) < 4.78 is 41.9. The van der Waals surface area contributed by atoms with E-state index in [-0.39, 0.29) is 18.6 Å². The topological polar surface area (TPSA) is 58.6 Å².